The Morgan fingerprint density at radius 3 is 2.56 bits per heavy atom. The number of nitrogens with zero attached hydrogens (tertiary/aromatic N) is 3. The zero-order chi connectivity index (χ0) is 11.5. The first-order valence-corrected chi connectivity index (χ1v) is 5.93. The van der Waals surface area contributed by atoms with Crippen molar-refractivity contribution in [2.75, 3.05) is 30.4 Å². The Morgan fingerprint density at radius 1 is 1.25 bits per heavy atom. The van der Waals surface area contributed by atoms with Gasteiger partial charge in [0.15, 0.2) is 0 Å². The van der Waals surface area contributed by atoms with Gasteiger partial charge in [0.25, 0.3) is 0 Å². The highest BCUT2D eigenvalue weighted by molar-refractivity contribution is 5.43. The zero-order valence-corrected chi connectivity index (χ0v) is 10.3. The van der Waals surface area contributed by atoms with E-state index in [1.807, 2.05) is 13.2 Å². The molecule has 2 rings (SSSR count). The predicted molar refractivity (Wildman–Crippen MR) is 66.7 cm³/mol. The van der Waals surface area contributed by atoms with Gasteiger partial charge in [-0.2, -0.15) is 0 Å². The van der Waals surface area contributed by atoms with Gasteiger partial charge in [-0.25, -0.2) is 4.98 Å². The zero-order valence-electron chi connectivity index (χ0n) is 10.3. The van der Waals surface area contributed by atoms with Crippen LogP contribution in [0.1, 0.15) is 20.3 Å². The third-order valence-corrected chi connectivity index (χ3v) is 3.07. The molecule has 1 saturated heterocycles. The van der Waals surface area contributed by atoms with Gasteiger partial charge in [-0.15, -0.1) is 0 Å². The normalized spacial score (nSPS) is 25.6. The Morgan fingerprint density at radius 2 is 1.94 bits per heavy atom. The van der Waals surface area contributed by atoms with Crippen molar-refractivity contribution in [3.8, 4) is 0 Å². The fourth-order valence-corrected chi connectivity index (χ4v) is 2.48. The quantitative estimate of drug-likeness (QED) is 0.827. The smallest absolute Gasteiger partial charge is 0.149 e. The van der Waals surface area contributed by atoms with E-state index in [0.717, 1.165) is 36.6 Å². The summed E-state index contributed by atoms with van der Waals surface area (Å²) < 4.78 is 0. The van der Waals surface area contributed by atoms with E-state index < -0.39 is 0 Å². The summed E-state index contributed by atoms with van der Waals surface area (Å²) in [7, 11) is 1.87. The van der Waals surface area contributed by atoms with E-state index in [-0.39, 0.29) is 0 Å². The summed E-state index contributed by atoms with van der Waals surface area (Å²) in [5, 5.41) is 3.03. The van der Waals surface area contributed by atoms with Crippen LogP contribution in [0.2, 0.25) is 0 Å². The molecule has 0 bridgehead atoms. The summed E-state index contributed by atoms with van der Waals surface area (Å²) in [5.41, 5.74) is 0. The van der Waals surface area contributed by atoms with Crippen LogP contribution in [0, 0.1) is 11.8 Å². The van der Waals surface area contributed by atoms with Crippen molar-refractivity contribution in [1.82, 2.24) is 9.97 Å². The fraction of sp³-hybridized carbons (Fsp3) is 0.667. The number of rotatable bonds is 2. The van der Waals surface area contributed by atoms with Crippen molar-refractivity contribution >= 4 is 11.6 Å². The van der Waals surface area contributed by atoms with Gasteiger partial charge in [-0.3, -0.25) is 4.98 Å². The summed E-state index contributed by atoms with van der Waals surface area (Å²) in [6.45, 7) is 6.79. The van der Waals surface area contributed by atoms with Gasteiger partial charge in [0.1, 0.15) is 11.6 Å². The minimum absolute atomic E-state index is 0.740. The molecule has 2 atom stereocenters. The molecule has 16 heavy (non-hydrogen) atoms. The van der Waals surface area contributed by atoms with E-state index in [9.17, 15) is 0 Å². The molecule has 0 aromatic carbocycles. The van der Waals surface area contributed by atoms with Crippen molar-refractivity contribution in [3.05, 3.63) is 12.4 Å². The third-order valence-electron chi connectivity index (χ3n) is 3.07. The van der Waals surface area contributed by atoms with Crippen LogP contribution in [0.25, 0.3) is 0 Å². The van der Waals surface area contributed by atoms with E-state index in [0.29, 0.717) is 0 Å². The second kappa shape index (κ2) is 4.68. The summed E-state index contributed by atoms with van der Waals surface area (Å²) >= 11 is 0. The first-order chi connectivity index (χ1) is 7.69. The van der Waals surface area contributed by atoms with E-state index >= 15 is 0 Å². The van der Waals surface area contributed by atoms with Gasteiger partial charge < -0.3 is 10.2 Å². The largest absolute Gasteiger partial charge is 0.372 e. The third kappa shape index (κ3) is 2.43. The van der Waals surface area contributed by atoms with Crippen LogP contribution >= 0.6 is 0 Å². The van der Waals surface area contributed by atoms with Gasteiger partial charge in [-0.1, -0.05) is 13.8 Å². The lowest BCUT2D eigenvalue weighted by Crippen LogP contribution is -2.39. The monoisotopic (exact) mass is 220 g/mol. The van der Waals surface area contributed by atoms with Crippen LogP contribution in [0.15, 0.2) is 12.4 Å². The minimum atomic E-state index is 0.740. The van der Waals surface area contributed by atoms with Crippen molar-refractivity contribution in [2.45, 2.75) is 20.3 Å². The standard InChI is InChI=1S/C12H20N4/c1-9-4-10(2)8-16(7-9)12-6-14-5-11(13-3)15-12/h5-6,9-10H,4,7-8H2,1-3H3,(H,13,15). The molecule has 1 aliphatic rings. The molecule has 0 spiro atoms. The molecule has 4 nitrogen and oxygen atoms in total. The fourth-order valence-electron chi connectivity index (χ4n) is 2.48. The second-order valence-electron chi connectivity index (χ2n) is 4.86. The molecule has 0 amide bonds. The molecular weight excluding hydrogens is 200 g/mol. The Labute approximate surface area is 97.1 Å². The number of aromatic nitrogens is 2. The highest BCUT2D eigenvalue weighted by Crippen LogP contribution is 2.24. The summed E-state index contributed by atoms with van der Waals surface area (Å²) in [6.07, 6.45) is 4.92. The minimum Gasteiger partial charge on any atom is -0.372 e. The van der Waals surface area contributed by atoms with Gasteiger partial charge in [0, 0.05) is 20.1 Å². The number of hydrogen-bond donors (Lipinski definition) is 1. The van der Waals surface area contributed by atoms with Crippen LogP contribution in [0.3, 0.4) is 0 Å². The second-order valence-corrected chi connectivity index (χ2v) is 4.86. The van der Waals surface area contributed by atoms with E-state index in [1.54, 1.807) is 6.20 Å². The van der Waals surface area contributed by atoms with E-state index in [2.05, 4.69) is 34.0 Å². The lowest BCUT2D eigenvalue weighted by molar-refractivity contribution is 0.355. The van der Waals surface area contributed by atoms with Crippen molar-refractivity contribution in [2.24, 2.45) is 11.8 Å². The molecule has 4 heteroatoms. The molecule has 1 aromatic rings. The Hall–Kier alpha value is -1.32. The first kappa shape index (κ1) is 11.2. The Balaban J connectivity index is 2.16. The molecule has 1 fully saturated rings. The van der Waals surface area contributed by atoms with Crippen LogP contribution in [0.5, 0.6) is 0 Å². The highest BCUT2D eigenvalue weighted by Gasteiger charge is 2.22. The highest BCUT2D eigenvalue weighted by atomic mass is 15.2. The molecule has 2 heterocycles. The average molecular weight is 220 g/mol. The van der Waals surface area contributed by atoms with Crippen LogP contribution in [-0.4, -0.2) is 30.1 Å². The maximum Gasteiger partial charge on any atom is 0.149 e. The maximum atomic E-state index is 4.54. The molecule has 88 valence electrons. The summed E-state index contributed by atoms with van der Waals surface area (Å²) in [6, 6.07) is 0. The molecule has 0 radical (unpaired) electrons. The number of anilines is 2. The lowest BCUT2D eigenvalue weighted by atomic mass is 9.92. The average Bonchev–Trinajstić information content (AvgIpc) is 2.28. The maximum absolute atomic E-state index is 4.54. The number of hydrogen-bond acceptors (Lipinski definition) is 4. The molecule has 0 aliphatic carbocycles. The van der Waals surface area contributed by atoms with E-state index in [1.165, 1.54) is 6.42 Å². The molecule has 0 saturated carbocycles. The van der Waals surface area contributed by atoms with Crippen LogP contribution in [-0.2, 0) is 0 Å². The van der Waals surface area contributed by atoms with Crippen LogP contribution in [0.4, 0.5) is 11.6 Å². The SMILES string of the molecule is CNc1cncc(N2CC(C)CC(C)C2)n1. The van der Waals surface area contributed by atoms with Gasteiger partial charge in [0.2, 0.25) is 0 Å². The topological polar surface area (TPSA) is 41.1 Å². The van der Waals surface area contributed by atoms with E-state index in [4.69, 9.17) is 0 Å². The summed E-state index contributed by atoms with van der Waals surface area (Å²) in [5.74, 6) is 3.31. The lowest BCUT2D eigenvalue weighted by Gasteiger charge is -2.35. The van der Waals surface area contributed by atoms with Crippen molar-refractivity contribution < 1.29 is 0 Å². The Bertz CT molecular complexity index is 343. The molecule has 2 unspecified atom stereocenters. The van der Waals surface area contributed by atoms with Crippen molar-refractivity contribution in [1.29, 1.82) is 0 Å². The summed E-state index contributed by atoms with van der Waals surface area (Å²) in [4.78, 5) is 11.1. The first-order valence-electron chi connectivity index (χ1n) is 5.93. The number of piperidine rings is 1. The molecule has 1 N–H and O–H groups in total. The van der Waals surface area contributed by atoms with Gasteiger partial charge >= 0.3 is 0 Å². The van der Waals surface area contributed by atoms with Crippen molar-refractivity contribution in [3.63, 3.8) is 0 Å². The predicted octanol–water partition coefficient (Wildman–Crippen LogP) is 2.00. The molecular formula is C12H20N4. The van der Waals surface area contributed by atoms with Gasteiger partial charge in [0.05, 0.1) is 12.4 Å². The molecule has 1 aliphatic heterocycles. The number of nitrogens with one attached hydrogen (secondary N) is 1. The molecule has 1 aromatic heterocycles. The van der Waals surface area contributed by atoms with Crippen LogP contribution < -0.4 is 10.2 Å². The Kier molecular flexibility index (Phi) is 3.27. The van der Waals surface area contributed by atoms with Gasteiger partial charge in [-0.05, 0) is 18.3 Å².